The summed E-state index contributed by atoms with van der Waals surface area (Å²) in [7, 11) is 2.93. The number of halogens is 1. The Morgan fingerprint density at radius 1 is 1.00 bits per heavy atom. The monoisotopic (exact) mass is 380 g/mol. The molecule has 2 aromatic carbocycles. The number of methoxy groups -OCH3 is 2. The van der Waals surface area contributed by atoms with Crippen molar-refractivity contribution in [2.75, 3.05) is 14.2 Å². The van der Waals surface area contributed by atoms with Crippen LogP contribution in [0.5, 0.6) is 11.5 Å². The van der Waals surface area contributed by atoms with Crippen molar-refractivity contribution in [2.45, 2.75) is 20.5 Å². The minimum absolute atomic E-state index is 0.253. The van der Waals surface area contributed by atoms with Gasteiger partial charge in [-0.3, -0.25) is 0 Å². The Balaban J connectivity index is 0.00000127. The molecule has 23 heavy (non-hydrogen) atoms. The predicted octanol–water partition coefficient (Wildman–Crippen LogP) is 4.85. The van der Waals surface area contributed by atoms with Gasteiger partial charge < -0.3 is 14.2 Å². The molecule has 0 spiro atoms. The van der Waals surface area contributed by atoms with Crippen LogP contribution in [0.3, 0.4) is 0 Å². The van der Waals surface area contributed by atoms with Gasteiger partial charge in [0.15, 0.2) is 0 Å². The lowest BCUT2D eigenvalue weighted by Gasteiger charge is -2.11. The molecule has 2 aromatic rings. The molecule has 0 amide bonds. The van der Waals surface area contributed by atoms with E-state index < -0.39 is 5.97 Å². The van der Waals surface area contributed by atoms with E-state index in [1.165, 1.54) is 7.11 Å². The number of hydrogen-bond donors (Lipinski definition) is 0. The second kappa shape index (κ2) is 9.90. The molecule has 0 aliphatic heterocycles. The van der Waals surface area contributed by atoms with Crippen LogP contribution < -0.4 is 9.47 Å². The van der Waals surface area contributed by atoms with Crippen molar-refractivity contribution in [3.8, 4) is 11.5 Å². The van der Waals surface area contributed by atoms with Gasteiger partial charge >= 0.3 is 5.97 Å². The van der Waals surface area contributed by atoms with E-state index in [2.05, 4.69) is 15.9 Å². The van der Waals surface area contributed by atoms with Crippen LogP contribution in [0.4, 0.5) is 0 Å². The van der Waals surface area contributed by atoms with E-state index in [1.807, 2.05) is 38.1 Å². The molecule has 0 bridgehead atoms. The third-order valence-corrected chi connectivity index (χ3v) is 3.45. The van der Waals surface area contributed by atoms with Gasteiger partial charge in [-0.25, -0.2) is 4.79 Å². The van der Waals surface area contributed by atoms with Crippen LogP contribution >= 0.6 is 15.9 Å². The Morgan fingerprint density at radius 2 is 1.61 bits per heavy atom. The highest BCUT2D eigenvalue weighted by Gasteiger charge is 2.13. The topological polar surface area (TPSA) is 44.8 Å². The Kier molecular flexibility index (Phi) is 8.19. The molecule has 0 atom stereocenters. The molecule has 0 aromatic heterocycles. The highest BCUT2D eigenvalue weighted by Crippen LogP contribution is 2.22. The SMILES string of the molecule is CC.COC(=O)c1ccc(OC)cc1COc1ccc(Br)cc1. The molecule has 5 heteroatoms. The summed E-state index contributed by atoms with van der Waals surface area (Å²) in [6.45, 7) is 4.25. The van der Waals surface area contributed by atoms with Crippen molar-refractivity contribution in [3.05, 3.63) is 58.1 Å². The minimum Gasteiger partial charge on any atom is -0.497 e. The maximum Gasteiger partial charge on any atom is 0.338 e. The lowest BCUT2D eigenvalue weighted by atomic mass is 10.1. The first-order valence-electron chi connectivity index (χ1n) is 7.27. The number of carbonyl (C=O) groups excluding carboxylic acids is 1. The fourth-order valence-corrected chi connectivity index (χ4v) is 2.08. The average molecular weight is 381 g/mol. The minimum atomic E-state index is -0.396. The molecule has 124 valence electrons. The maximum absolute atomic E-state index is 11.8. The first kappa shape index (κ1) is 19.0. The second-order valence-electron chi connectivity index (χ2n) is 4.26. The van der Waals surface area contributed by atoms with Gasteiger partial charge in [0, 0.05) is 10.0 Å². The van der Waals surface area contributed by atoms with Crippen LogP contribution in [0.15, 0.2) is 46.9 Å². The van der Waals surface area contributed by atoms with Crippen LogP contribution in [-0.2, 0) is 11.3 Å². The number of benzene rings is 2. The Bertz CT molecular complexity index is 623. The molecule has 0 unspecified atom stereocenters. The Hall–Kier alpha value is -2.01. The molecule has 0 fully saturated rings. The van der Waals surface area contributed by atoms with E-state index in [4.69, 9.17) is 14.2 Å². The Labute approximate surface area is 145 Å². The van der Waals surface area contributed by atoms with Crippen LogP contribution in [0.2, 0.25) is 0 Å². The van der Waals surface area contributed by atoms with E-state index in [9.17, 15) is 4.79 Å². The number of ether oxygens (including phenoxy) is 3. The van der Waals surface area contributed by atoms with Crippen LogP contribution in [0.1, 0.15) is 29.8 Å². The van der Waals surface area contributed by atoms with E-state index in [-0.39, 0.29) is 6.61 Å². The van der Waals surface area contributed by atoms with E-state index in [0.29, 0.717) is 16.9 Å². The van der Waals surface area contributed by atoms with Gasteiger partial charge in [0.25, 0.3) is 0 Å². The van der Waals surface area contributed by atoms with Gasteiger partial charge in [-0.05, 0) is 42.5 Å². The standard InChI is InChI=1S/C16H15BrO4.C2H6/c1-19-14-7-8-15(16(18)20-2)11(9-14)10-21-13-5-3-12(17)4-6-13;1-2/h3-9H,10H2,1-2H3;1-2H3. The zero-order chi connectivity index (χ0) is 17.2. The van der Waals surface area contributed by atoms with Crippen molar-refractivity contribution >= 4 is 21.9 Å². The first-order valence-corrected chi connectivity index (χ1v) is 8.07. The van der Waals surface area contributed by atoms with E-state index >= 15 is 0 Å². The predicted molar refractivity (Wildman–Crippen MR) is 94.2 cm³/mol. The molecule has 0 heterocycles. The molecular weight excluding hydrogens is 360 g/mol. The normalized spacial score (nSPS) is 9.43. The second-order valence-corrected chi connectivity index (χ2v) is 5.17. The summed E-state index contributed by atoms with van der Waals surface area (Å²) < 4.78 is 16.6. The summed E-state index contributed by atoms with van der Waals surface area (Å²) in [6, 6.07) is 12.6. The van der Waals surface area contributed by atoms with Gasteiger partial charge in [-0.15, -0.1) is 0 Å². The smallest absolute Gasteiger partial charge is 0.338 e. The van der Waals surface area contributed by atoms with Crippen molar-refractivity contribution < 1.29 is 19.0 Å². The molecule has 0 N–H and O–H groups in total. The zero-order valence-corrected chi connectivity index (χ0v) is 15.3. The fourth-order valence-electron chi connectivity index (χ4n) is 1.82. The summed E-state index contributed by atoms with van der Waals surface area (Å²) in [4.78, 5) is 11.8. The van der Waals surface area contributed by atoms with Crippen molar-refractivity contribution in [2.24, 2.45) is 0 Å². The number of carbonyl (C=O) groups is 1. The van der Waals surface area contributed by atoms with Crippen LogP contribution in [0, 0.1) is 0 Å². The van der Waals surface area contributed by atoms with Crippen LogP contribution in [0.25, 0.3) is 0 Å². The van der Waals surface area contributed by atoms with Gasteiger partial charge in [-0.2, -0.15) is 0 Å². The third-order valence-electron chi connectivity index (χ3n) is 2.93. The maximum atomic E-state index is 11.8. The largest absolute Gasteiger partial charge is 0.497 e. The third kappa shape index (κ3) is 5.60. The number of esters is 1. The summed E-state index contributed by atoms with van der Waals surface area (Å²) >= 11 is 3.37. The van der Waals surface area contributed by atoms with Gasteiger partial charge in [-0.1, -0.05) is 29.8 Å². The zero-order valence-electron chi connectivity index (χ0n) is 13.8. The molecule has 2 rings (SSSR count). The van der Waals surface area contributed by atoms with Crippen LogP contribution in [-0.4, -0.2) is 20.2 Å². The van der Waals surface area contributed by atoms with Crippen molar-refractivity contribution in [1.82, 2.24) is 0 Å². The molecule has 0 saturated heterocycles. The van der Waals surface area contributed by atoms with E-state index in [0.717, 1.165) is 10.2 Å². The van der Waals surface area contributed by atoms with Crippen molar-refractivity contribution in [1.29, 1.82) is 0 Å². The van der Waals surface area contributed by atoms with Gasteiger partial charge in [0.05, 0.1) is 19.8 Å². The summed E-state index contributed by atoms with van der Waals surface area (Å²) in [6.07, 6.45) is 0. The molecule has 0 aliphatic rings. The molecular formula is C18H21BrO4. The summed E-state index contributed by atoms with van der Waals surface area (Å²) in [5.74, 6) is 0.987. The fraction of sp³-hybridized carbons (Fsp3) is 0.278. The summed E-state index contributed by atoms with van der Waals surface area (Å²) in [5.41, 5.74) is 1.18. The van der Waals surface area contributed by atoms with Gasteiger partial charge in [0.2, 0.25) is 0 Å². The quantitative estimate of drug-likeness (QED) is 0.695. The summed E-state index contributed by atoms with van der Waals surface area (Å²) in [5, 5.41) is 0. The van der Waals surface area contributed by atoms with Gasteiger partial charge in [0.1, 0.15) is 18.1 Å². The Morgan fingerprint density at radius 3 is 2.17 bits per heavy atom. The number of rotatable bonds is 5. The molecule has 0 radical (unpaired) electrons. The highest BCUT2D eigenvalue weighted by molar-refractivity contribution is 9.10. The lowest BCUT2D eigenvalue weighted by Crippen LogP contribution is -2.08. The van der Waals surface area contributed by atoms with Crippen molar-refractivity contribution in [3.63, 3.8) is 0 Å². The first-order chi connectivity index (χ1) is 11.1. The lowest BCUT2D eigenvalue weighted by molar-refractivity contribution is 0.0597. The molecule has 0 saturated carbocycles. The van der Waals surface area contributed by atoms with E-state index in [1.54, 1.807) is 25.3 Å². The average Bonchev–Trinajstić information content (AvgIpc) is 2.62. The highest BCUT2D eigenvalue weighted by atomic mass is 79.9. The molecule has 0 aliphatic carbocycles. The molecule has 4 nitrogen and oxygen atoms in total. The number of hydrogen-bond acceptors (Lipinski definition) is 4.